The van der Waals surface area contributed by atoms with Crippen LogP contribution < -0.4 is 42.8 Å². The number of amides is 7. The number of carboxylic acid groups (broad SMARTS) is 5. The molecule has 0 radical (unpaired) electrons. The molecular weight excluding hydrogens is 881 g/mol. The summed E-state index contributed by atoms with van der Waals surface area (Å²) in [5.74, 6) is -10.7. The van der Waals surface area contributed by atoms with Crippen molar-refractivity contribution in [1.29, 1.82) is 0 Å². The fourth-order valence-corrected chi connectivity index (χ4v) is 7.08. The molecule has 13 N–H and O–H groups in total. The minimum atomic E-state index is -1.70. The first-order valence-corrected chi connectivity index (χ1v) is 21.5. The van der Waals surface area contributed by atoms with Crippen LogP contribution in [0.3, 0.4) is 0 Å². The van der Waals surface area contributed by atoms with Crippen LogP contribution in [0.1, 0.15) is 57.4 Å². The molecule has 63 heavy (non-hydrogen) atoms. The first-order chi connectivity index (χ1) is 29.7. The van der Waals surface area contributed by atoms with Crippen LogP contribution in [0.4, 0.5) is 9.59 Å². The fraction of sp³-hybridized carbons (Fsp3) is 0.528. The van der Waals surface area contributed by atoms with E-state index in [1.807, 2.05) is 10.6 Å². The predicted molar refractivity (Wildman–Crippen MR) is 222 cm³/mol. The Morgan fingerprint density at radius 3 is 1.70 bits per heavy atom. The van der Waals surface area contributed by atoms with Gasteiger partial charge in [0.15, 0.2) is 0 Å². The lowest BCUT2D eigenvalue weighted by atomic mass is 10.0. The van der Waals surface area contributed by atoms with Crippen LogP contribution >= 0.6 is 21.6 Å². The monoisotopic (exact) mass is 932 g/mol. The van der Waals surface area contributed by atoms with E-state index in [9.17, 15) is 73.2 Å². The van der Waals surface area contributed by atoms with Gasteiger partial charge in [0.1, 0.15) is 36.8 Å². The Kier molecular flexibility index (Phi) is 25.9. The average Bonchev–Trinajstić information content (AvgIpc) is 3.20. The maximum absolute atomic E-state index is 13.5. The van der Waals surface area contributed by atoms with Crippen LogP contribution in [-0.4, -0.2) is 153 Å². The van der Waals surface area contributed by atoms with Gasteiger partial charge < -0.3 is 62.2 Å². The number of benzene rings is 1. The van der Waals surface area contributed by atoms with E-state index in [1.54, 1.807) is 30.3 Å². The molecule has 0 heterocycles. The van der Waals surface area contributed by atoms with Crippen molar-refractivity contribution in [3.63, 3.8) is 0 Å². The molecule has 25 nitrogen and oxygen atoms in total. The van der Waals surface area contributed by atoms with Crippen molar-refractivity contribution in [2.24, 2.45) is 0 Å². The van der Waals surface area contributed by atoms with Gasteiger partial charge in [0.05, 0.1) is 6.42 Å². The summed E-state index contributed by atoms with van der Waals surface area (Å²) in [6, 6.07) is -1.53. The number of carboxylic acids is 5. The second-order valence-corrected chi connectivity index (χ2v) is 16.0. The molecule has 1 rings (SSSR count). The molecule has 0 bridgehead atoms. The second kappa shape index (κ2) is 29.8. The molecule has 350 valence electrons. The lowest BCUT2D eigenvalue weighted by Gasteiger charge is -2.24. The number of carbonyl (C=O) groups is 11. The third kappa shape index (κ3) is 24.6. The molecule has 0 saturated carbocycles. The van der Waals surface area contributed by atoms with Crippen molar-refractivity contribution in [3.05, 3.63) is 35.9 Å². The fourth-order valence-electron chi connectivity index (χ4n) is 5.09. The second-order valence-electron chi connectivity index (χ2n) is 13.4. The topological polar surface area (TPSA) is 394 Å². The van der Waals surface area contributed by atoms with Gasteiger partial charge in [0.25, 0.3) is 0 Å². The predicted octanol–water partition coefficient (Wildman–Crippen LogP) is -1.38. The SMILES string of the molecule is CNNC(=O)OCCSSC[C@@H](NC(=O)[C@@H](Cc1ccccc1)NC(=O)[C@H](CC(=O)O)NC(=O)CC[C@@H](C)NC(=O)CC[C@H](NC(=O)N[C@@H](CCC(=O)O)C(=O)O)C(=O)O)C(=O)O. The standard InChI is InChI=1S/C36H52N8O17S2/c1-19(38-26(45)12-9-21(32(53)54)42-35(59)43-22(33(55)56)10-13-28(47)48)8-11-27(46)39-24(17-29(49)50)31(52)40-23(16-20-6-4-3-5-7-20)30(51)41-25(34(57)58)18-63-62-15-14-61-36(60)44-37-2/h3-7,19,21-25,37H,8-18H2,1-2H3,(H,38,45)(H,39,46)(H,40,52)(H,41,51)(H,44,60)(H,47,48)(H,49,50)(H,53,54)(H,55,56)(H,57,58)(H2,42,43,59)/t19-,21+,22+,23-,24+,25-/m1/s1. The first-order valence-electron chi connectivity index (χ1n) is 19.0. The molecule has 0 unspecified atom stereocenters. The molecule has 6 atom stereocenters. The van der Waals surface area contributed by atoms with Gasteiger partial charge in [0.2, 0.25) is 23.6 Å². The normalized spacial score (nSPS) is 13.5. The molecule has 0 aliphatic carbocycles. The maximum Gasteiger partial charge on any atom is 0.421 e. The van der Waals surface area contributed by atoms with Crippen molar-refractivity contribution in [2.75, 3.05) is 25.2 Å². The number of hydrazine groups is 1. The van der Waals surface area contributed by atoms with Gasteiger partial charge in [-0.2, -0.15) is 0 Å². The highest BCUT2D eigenvalue weighted by Crippen LogP contribution is 2.22. The summed E-state index contributed by atoms with van der Waals surface area (Å²) < 4.78 is 4.88. The van der Waals surface area contributed by atoms with E-state index in [1.165, 1.54) is 24.8 Å². The van der Waals surface area contributed by atoms with Crippen LogP contribution in [0.25, 0.3) is 0 Å². The van der Waals surface area contributed by atoms with Gasteiger partial charge in [-0.3, -0.25) is 34.2 Å². The number of urea groups is 1. The Bertz CT molecular complexity index is 1760. The zero-order valence-corrected chi connectivity index (χ0v) is 35.7. The van der Waals surface area contributed by atoms with Crippen LogP contribution in [-0.2, 0) is 54.3 Å². The highest BCUT2D eigenvalue weighted by Gasteiger charge is 2.31. The van der Waals surface area contributed by atoms with E-state index in [0.717, 1.165) is 10.8 Å². The van der Waals surface area contributed by atoms with Crippen LogP contribution in [0, 0.1) is 0 Å². The van der Waals surface area contributed by atoms with Gasteiger partial charge in [0, 0.05) is 50.3 Å². The largest absolute Gasteiger partial charge is 0.481 e. The molecule has 0 aliphatic rings. The summed E-state index contributed by atoms with van der Waals surface area (Å²) in [4.78, 5) is 133. The van der Waals surface area contributed by atoms with Crippen LogP contribution in [0.15, 0.2) is 30.3 Å². The molecule has 0 aliphatic heterocycles. The van der Waals surface area contributed by atoms with E-state index < -0.39 is 134 Å². The van der Waals surface area contributed by atoms with Crippen LogP contribution in [0.2, 0.25) is 0 Å². The Morgan fingerprint density at radius 1 is 0.603 bits per heavy atom. The lowest BCUT2D eigenvalue weighted by molar-refractivity contribution is -0.142. The Labute approximate surface area is 367 Å². The van der Waals surface area contributed by atoms with Gasteiger partial charge in [-0.25, -0.2) is 29.4 Å². The molecule has 0 saturated heterocycles. The minimum Gasteiger partial charge on any atom is -0.481 e. The van der Waals surface area contributed by atoms with E-state index in [-0.39, 0.29) is 37.4 Å². The molecule has 7 amide bonds. The third-order valence-corrected chi connectivity index (χ3v) is 10.6. The highest BCUT2D eigenvalue weighted by molar-refractivity contribution is 8.76. The molecular formula is C36H52N8O17S2. The van der Waals surface area contributed by atoms with Gasteiger partial charge in [-0.15, -0.1) is 0 Å². The van der Waals surface area contributed by atoms with E-state index >= 15 is 0 Å². The number of aliphatic carboxylic acids is 5. The lowest BCUT2D eigenvalue weighted by Crippen LogP contribution is -2.57. The van der Waals surface area contributed by atoms with Crippen LogP contribution in [0.5, 0.6) is 0 Å². The quantitative estimate of drug-likeness (QED) is 0.0232. The summed E-state index contributed by atoms with van der Waals surface area (Å²) in [6.45, 7) is 1.50. The number of ether oxygens (including phenoxy) is 1. The van der Waals surface area contributed by atoms with E-state index in [0.29, 0.717) is 5.56 Å². The zero-order chi connectivity index (χ0) is 47.5. The van der Waals surface area contributed by atoms with Gasteiger partial charge in [-0.1, -0.05) is 51.9 Å². The van der Waals surface area contributed by atoms with Gasteiger partial charge in [-0.05, 0) is 31.7 Å². The molecule has 0 spiro atoms. The van der Waals surface area contributed by atoms with E-state index in [2.05, 4.69) is 32.1 Å². The van der Waals surface area contributed by atoms with E-state index in [4.69, 9.17) is 9.84 Å². The average molecular weight is 933 g/mol. The Morgan fingerprint density at radius 2 is 1.14 bits per heavy atom. The van der Waals surface area contributed by atoms with Crippen molar-refractivity contribution in [2.45, 2.75) is 94.5 Å². The third-order valence-electron chi connectivity index (χ3n) is 8.23. The molecule has 1 aromatic carbocycles. The molecule has 0 aromatic heterocycles. The molecule has 27 heteroatoms. The number of nitrogens with one attached hydrogen (secondary N) is 8. The molecule has 0 fully saturated rings. The van der Waals surface area contributed by atoms with Crippen molar-refractivity contribution in [3.8, 4) is 0 Å². The van der Waals surface area contributed by atoms with Crippen molar-refractivity contribution >= 4 is 87.2 Å². The summed E-state index contributed by atoms with van der Waals surface area (Å²) in [5.41, 5.74) is 5.15. The number of rotatable bonds is 31. The summed E-state index contributed by atoms with van der Waals surface area (Å²) in [7, 11) is 3.71. The number of hydrogen-bond donors (Lipinski definition) is 13. The summed E-state index contributed by atoms with van der Waals surface area (Å²) in [5, 5.41) is 60.3. The number of carbonyl (C=O) groups excluding carboxylic acids is 6. The number of hydrogen-bond acceptors (Lipinski definition) is 15. The first kappa shape index (κ1) is 54.7. The summed E-state index contributed by atoms with van der Waals surface area (Å²) in [6.07, 6.45) is -4.16. The van der Waals surface area contributed by atoms with Gasteiger partial charge >= 0.3 is 42.0 Å². The van der Waals surface area contributed by atoms with Crippen molar-refractivity contribution < 1.29 is 83.0 Å². The minimum absolute atomic E-state index is 0.00566. The Balaban J connectivity index is 2.85. The smallest absolute Gasteiger partial charge is 0.421 e. The maximum atomic E-state index is 13.5. The summed E-state index contributed by atoms with van der Waals surface area (Å²) >= 11 is 0. The molecule has 1 aromatic rings. The highest BCUT2D eigenvalue weighted by atomic mass is 33.1. The Hall–Kier alpha value is -6.35. The zero-order valence-electron chi connectivity index (χ0n) is 34.1. The van der Waals surface area contributed by atoms with Crippen molar-refractivity contribution in [1.82, 2.24) is 42.8 Å².